The average Bonchev–Trinajstić information content (AvgIpc) is 2.77. The number of nitrogens with zero attached hydrogens (tertiary/aromatic N) is 3. The number of likely N-dealkylation sites (N-methyl/N-ethyl adjacent to an activating group) is 1. The van der Waals surface area contributed by atoms with Crippen molar-refractivity contribution in [3.05, 3.63) is 29.3 Å². The molecule has 1 aromatic rings. The van der Waals surface area contributed by atoms with Crippen LogP contribution in [0.25, 0.3) is 0 Å². The molecule has 2 amide bonds. The van der Waals surface area contributed by atoms with Crippen LogP contribution in [0.15, 0.2) is 18.2 Å². The Balaban J connectivity index is 1.77. The highest BCUT2D eigenvalue weighted by Gasteiger charge is 2.28. The monoisotopic (exact) mass is 431 g/mol. The van der Waals surface area contributed by atoms with Crippen molar-refractivity contribution in [2.24, 2.45) is 5.92 Å². The van der Waals surface area contributed by atoms with Gasteiger partial charge >= 0.3 is 0 Å². The maximum Gasteiger partial charge on any atom is 0.225 e. The number of rotatable bonds is 10. The molecule has 0 aliphatic carbocycles. The van der Waals surface area contributed by atoms with Gasteiger partial charge < -0.3 is 19.4 Å². The van der Waals surface area contributed by atoms with E-state index in [0.29, 0.717) is 25.6 Å². The van der Waals surface area contributed by atoms with Crippen molar-refractivity contribution >= 4 is 11.8 Å². The molecule has 1 saturated heterocycles. The second-order valence-corrected chi connectivity index (χ2v) is 8.97. The fourth-order valence-corrected chi connectivity index (χ4v) is 4.49. The topological polar surface area (TPSA) is 53.1 Å². The van der Waals surface area contributed by atoms with Crippen LogP contribution >= 0.6 is 0 Å². The number of hydrogen-bond acceptors (Lipinski definition) is 4. The quantitative estimate of drug-likeness (QED) is 0.570. The van der Waals surface area contributed by atoms with Crippen molar-refractivity contribution < 1.29 is 14.3 Å². The van der Waals surface area contributed by atoms with Crippen LogP contribution in [0.1, 0.15) is 50.7 Å². The lowest BCUT2D eigenvalue weighted by Gasteiger charge is -2.33. The minimum atomic E-state index is 0.0666. The van der Waals surface area contributed by atoms with E-state index in [4.69, 9.17) is 4.74 Å². The minimum Gasteiger partial charge on any atom is -0.497 e. The molecule has 0 N–H and O–H groups in total. The number of piperidine rings is 1. The molecule has 1 aliphatic rings. The third-order valence-electron chi connectivity index (χ3n) is 6.57. The Morgan fingerprint density at radius 1 is 1.23 bits per heavy atom. The van der Waals surface area contributed by atoms with E-state index >= 15 is 0 Å². The first-order valence-electron chi connectivity index (χ1n) is 11.6. The Morgan fingerprint density at radius 3 is 2.45 bits per heavy atom. The van der Waals surface area contributed by atoms with Gasteiger partial charge in [0, 0.05) is 45.6 Å². The zero-order valence-electron chi connectivity index (χ0n) is 20.3. The number of carbonyl (C=O) groups excluding carboxylic acids is 2. The van der Waals surface area contributed by atoms with Gasteiger partial charge in [-0.1, -0.05) is 13.0 Å². The molecule has 1 atom stereocenters. The third kappa shape index (κ3) is 7.23. The smallest absolute Gasteiger partial charge is 0.225 e. The average molecular weight is 432 g/mol. The van der Waals surface area contributed by atoms with E-state index in [0.717, 1.165) is 44.5 Å². The summed E-state index contributed by atoms with van der Waals surface area (Å²) in [5, 5.41) is 0. The van der Waals surface area contributed by atoms with E-state index in [2.05, 4.69) is 37.8 Å². The van der Waals surface area contributed by atoms with Crippen molar-refractivity contribution in [2.75, 3.05) is 47.4 Å². The summed E-state index contributed by atoms with van der Waals surface area (Å²) in [7, 11) is 5.30. The van der Waals surface area contributed by atoms with Gasteiger partial charge in [0.2, 0.25) is 11.8 Å². The van der Waals surface area contributed by atoms with Crippen LogP contribution in [0.5, 0.6) is 5.75 Å². The summed E-state index contributed by atoms with van der Waals surface area (Å²) in [6.07, 6.45) is 4.00. The second-order valence-electron chi connectivity index (χ2n) is 8.97. The predicted octanol–water partition coefficient (Wildman–Crippen LogP) is 3.36. The summed E-state index contributed by atoms with van der Waals surface area (Å²) in [4.78, 5) is 30.8. The first kappa shape index (κ1) is 25.2. The largest absolute Gasteiger partial charge is 0.497 e. The molecule has 0 radical (unpaired) electrons. The van der Waals surface area contributed by atoms with Crippen molar-refractivity contribution in [2.45, 2.75) is 58.9 Å². The van der Waals surface area contributed by atoms with Gasteiger partial charge in [0.15, 0.2) is 0 Å². The zero-order valence-corrected chi connectivity index (χ0v) is 20.3. The number of methoxy groups -OCH3 is 1. The molecule has 0 saturated carbocycles. The number of hydrogen-bond donors (Lipinski definition) is 0. The van der Waals surface area contributed by atoms with Crippen molar-refractivity contribution in [3.8, 4) is 5.75 Å². The molecule has 1 heterocycles. The Morgan fingerprint density at radius 2 is 1.90 bits per heavy atom. The first-order valence-corrected chi connectivity index (χ1v) is 11.6. The van der Waals surface area contributed by atoms with Gasteiger partial charge in [-0.3, -0.25) is 9.59 Å². The summed E-state index contributed by atoms with van der Waals surface area (Å²) < 4.78 is 5.31. The highest BCUT2D eigenvalue weighted by Crippen LogP contribution is 2.21. The van der Waals surface area contributed by atoms with Crippen LogP contribution in [0.2, 0.25) is 0 Å². The maximum absolute atomic E-state index is 12.6. The molecule has 2 rings (SSSR count). The highest BCUT2D eigenvalue weighted by molar-refractivity contribution is 5.79. The fraction of sp³-hybridized carbons (Fsp3) is 0.680. The zero-order chi connectivity index (χ0) is 23.0. The lowest BCUT2D eigenvalue weighted by Crippen LogP contribution is -2.43. The van der Waals surface area contributed by atoms with Gasteiger partial charge in [-0.15, -0.1) is 0 Å². The summed E-state index contributed by atoms with van der Waals surface area (Å²) in [6.45, 7) is 9.89. The number of amides is 2. The summed E-state index contributed by atoms with van der Waals surface area (Å²) in [5.74, 6) is 1.38. The molecular formula is C25H41N3O3. The van der Waals surface area contributed by atoms with Crippen LogP contribution in [-0.2, 0) is 16.0 Å². The molecule has 0 bridgehead atoms. The maximum atomic E-state index is 12.6. The van der Waals surface area contributed by atoms with Crippen molar-refractivity contribution in [1.82, 2.24) is 14.7 Å². The standard InChI is InChI=1S/C25H41N3O3/c1-7-27(20(3)18-22-10-11-23(31-6)17-19(22)2)14-8-9-24(29)28-15-12-21(13-16-28)25(30)26(4)5/h10-11,17,20-21H,7-9,12-16,18H2,1-6H3. The van der Waals surface area contributed by atoms with E-state index in [-0.39, 0.29) is 17.7 Å². The van der Waals surface area contributed by atoms with Gasteiger partial charge in [-0.2, -0.15) is 0 Å². The normalized spacial score (nSPS) is 15.8. The lowest BCUT2D eigenvalue weighted by molar-refractivity contribution is -0.139. The fourth-order valence-electron chi connectivity index (χ4n) is 4.49. The first-order chi connectivity index (χ1) is 14.8. The molecule has 1 fully saturated rings. The van der Waals surface area contributed by atoms with Gasteiger partial charge in [-0.25, -0.2) is 0 Å². The van der Waals surface area contributed by atoms with Gasteiger partial charge in [0.05, 0.1) is 7.11 Å². The number of benzene rings is 1. The summed E-state index contributed by atoms with van der Waals surface area (Å²) in [6, 6.07) is 6.69. The molecule has 0 spiro atoms. The van der Waals surface area contributed by atoms with Crippen LogP contribution in [0.3, 0.4) is 0 Å². The van der Waals surface area contributed by atoms with E-state index in [1.54, 1.807) is 26.1 Å². The molecule has 174 valence electrons. The number of likely N-dealkylation sites (tertiary alicyclic amines) is 1. The van der Waals surface area contributed by atoms with Crippen molar-refractivity contribution in [1.29, 1.82) is 0 Å². The molecule has 6 nitrogen and oxygen atoms in total. The Kier molecular flexibility index (Phi) is 9.82. The molecule has 1 unspecified atom stereocenters. The van der Waals surface area contributed by atoms with Gasteiger partial charge in [0.1, 0.15) is 5.75 Å². The van der Waals surface area contributed by atoms with Gasteiger partial charge in [-0.05, 0) is 75.9 Å². The molecule has 0 aromatic heterocycles. The van der Waals surface area contributed by atoms with E-state index in [1.165, 1.54) is 11.1 Å². The summed E-state index contributed by atoms with van der Waals surface area (Å²) in [5.41, 5.74) is 2.60. The second kappa shape index (κ2) is 12.1. The third-order valence-corrected chi connectivity index (χ3v) is 6.57. The Bertz CT molecular complexity index is 727. The van der Waals surface area contributed by atoms with E-state index in [1.807, 2.05) is 11.0 Å². The van der Waals surface area contributed by atoms with E-state index < -0.39 is 0 Å². The number of aryl methyl sites for hydroxylation is 1. The van der Waals surface area contributed by atoms with Crippen molar-refractivity contribution in [3.63, 3.8) is 0 Å². The molecule has 1 aromatic carbocycles. The molecule has 6 heteroatoms. The van der Waals surface area contributed by atoms with Crippen LogP contribution < -0.4 is 4.74 Å². The predicted molar refractivity (Wildman–Crippen MR) is 125 cm³/mol. The lowest BCUT2D eigenvalue weighted by atomic mass is 9.95. The Labute approximate surface area is 188 Å². The van der Waals surface area contributed by atoms with Gasteiger partial charge in [0.25, 0.3) is 0 Å². The molecule has 31 heavy (non-hydrogen) atoms. The molecule has 1 aliphatic heterocycles. The minimum absolute atomic E-state index is 0.0666. The van der Waals surface area contributed by atoms with Crippen LogP contribution in [-0.4, -0.2) is 79.9 Å². The number of carbonyl (C=O) groups is 2. The van der Waals surface area contributed by atoms with Crippen LogP contribution in [0, 0.1) is 12.8 Å². The summed E-state index contributed by atoms with van der Waals surface area (Å²) >= 11 is 0. The van der Waals surface area contributed by atoms with Crippen LogP contribution in [0.4, 0.5) is 0 Å². The SMILES string of the molecule is CCN(CCCC(=O)N1CCC(C(=O)N(C)C)CC1)C(C)Cc1ccc(OC)cc1C. The van der Waals surface area contributed by atoms with E-state index in [9.17, 15) is 9.59 Å². The Hall–Kier alpha value is -2.08. The highest BCUT2D eigenvalue weighted by atomic mass is 16.5. The number of ether oxygens (including phenoxy) is 1. The molecular weight excluding hydrogens is 390 g/mol.